The third-order valence-electron chi connectivity index (χ3n) is 4.11. The Bertz CT molecular complexity index is 933. The molecule has 0 bridgehead atoms. The lowest BCUT2D eigenvalue weighted by atomic mass is 10.2. The fourth-order valence-corrected chi connectivity index (χ4v) is 2.64. The van der Waals surface area contributed by atoms with Crippen molar-refractivity contribution in [3.8, 4) is 5.69 Å². The standard InChI is InChI=1S/C19H16F3N3O/c1-13-17(18(26)24(2)15-8-4-3-5-9-15)12-23-25(13)16-10-6-7-14(11-16)19(20,21)22/h3-12H,1-2H3. The molecule has 0 atom stereocenters. The van der Waals surface area contributed by atoms with Crippen LogP contribution in [0.5, 0.6) is 0 Å². The molecule has 0 aliphatic rings. The number of para-hydroxylation sites is 1. The third kappa shape index (κ3) is 3.33. The quantitative estimate of drug-likeness (QED) is 0.692. The van der Waals surface area contributed by atoms with Crippen LogP contribution in [0.2, 0.25) is 0 Å². The number of benzene rings is 2. The first kappa shape index (κ1) is 17.7. The predicted octanol–water partition coefficient (Wildman–Crippen LogP) is 4.48. The minimum atomic E-state index is -4.44. The fraction of sp³-hybridized carbons (Fsp3) is 0.158. The first-order valence-corrected chi connectivity index (χ1v) is 7.84. The zero-order valence-corrected chi connectivity index (χ0v) is 14.2. The molecule has 0 saturated carbocycles. The maximum absolute atomic E-state index is 12.9. The first-order chi connectivity index (χ1) is 12.3. The Hall–Kier alpha value is -3.09. The van der Waals surface area contributed by atoms with Crippen LogP contribution in [0.15, 0.2) is 60.8 Å². The number of carbonyl (C=O) groups is 1. The second-order valence-electron chi connectivity index (χ2n) is 5.80. The largest absolute Gasteiger partial charge is 0.416 e. The summed E-state index contributed by atoms with van der Waals surface area (Å²) in [6.45, 7) is 1.65. The highest BCUT2D eigenvalue weighted by molar-refractivity contribution is 6.06. The molecule has 1 amide bonds. The molecule has 0 aliphatic heterocycles. The summed E-state index contributed by atoms with van der Waals surface area (Å²) in [5.41, 5.74) is 0.993. The molecule has 0 saturated heterocycles. The van der Waals surface area contributed by atoms with Gasteiger partial charge >= 0.3 is 6.18 Å². The monoisotopic (exact) mass is 359 g/mol. The maximum atomic E-state index is 12.9. The molecule has 2 aromatic carbocycles. The second-order valence-corrected chi connectivity index (χ2v) is 5.80. The molecule has 0 aliphatic carbocycles. The van der Waals surface area contributed by atoms with E-state index in [1.807, 2.05) is 18.2 Å². The molecule has 0 unspecified atom stereocenters. The van der Waals surface area contributed by atoms with Crippen molar-refractivity contribution < 1.29 is 18.0 Å². The predicted molar refractivity (Wildman–Crippen MR) is 92.5 cm³/mol. The van der Waals surface area contributed by atoms with Crippen molar-refractivity contribution in [2.45, 2.75) is 13.1 Å². The lowest BCUT2D eigenvalue weighted by Crippen LogP contribution is -2.26. The van der Waals surface area contributed by atoms with E-state index in [0.29, 0.717) is 16.9 Å². The van der Waals surface area contributed by atoms with Crippen LogP contribution in [0.1, 0.15) is 21.6 Å². The molecule has 7 heteroatoms. The smallest absolute Gasteiger partial charge is 0.311 e. The SMILES string of the molecule is Cc1c(C(=O)N(C)c2ccccc2)cnn1-c1cccc(C(F)(F)F)c1. The van der Waals surface area contributed by atoms with Gasteiger partial charge in [-0.2, -0.15) is 18.3 Å². The molecule has 0 fully saturated rings. The molecule has 0 spiro atoms. The Kier molecular flexibility index (Phi) is 4.54. The molecule has 0 radical (unpaired) electrons. The van der Waals surface area contributed by atoms with Crippen LogP contribution >= 0.6 is 0 Å². The van der Waals surface area contributed by atoms with Crippen molar-refractivity contribution in [2.75, 3.05) is 11.9 Å². The number of alkyl halides is 3. The Morgan fingerprint density at radius 2 is 1.77 bits per heavy atom. The maximum Gasteiger partial charge on any atom is 0.416 e. The van der Waals surface area contributed by atoms with Crippen molar-refractivity contribution in [3.05, 3.63) is 77.6 Å². The van der Waals surface area contributed by atoms with Gasteiger partial charge in [-0.05, 0) is 37.3 Å². The average Bonchev–Trinajstić information content (AvgIpc) is 3.02. The van der Waals surface area contributed by atoms with E-state index in [1.54, 1.807) is 26.1 Å². The van der Waals surface area contributed by atoms with Gasteiger partial charge in [-0.1, -0.05) is 24.3 Å². The van der Waals surface area contributed by atoms with Crippen molar-refractivity contribution in [1.82, 2.24) is 9.78 Å². The number of hydrogen-bond acceptors (Lipinski definition) is 2. The summed E-state index contributed by atoms with van der Waals surface area (Å²) in [4.78, 5) is 14.2. The number of rotatable bonds is 3. The van der Waals surface area contributed by atoms with Gasteiger partial charge in [-0.25, -0.2) is 4.68 Å². The summed E-state index contributed by atoms with van der Waals surface area (Å²) in [6, 6.07) is 13.9. The van der Waals surface area contributed by atoms with E-state index >= 15 is 0 Å². The summed E-state index contributed by atoms with van der Waals surface area (Å²) in [6.07, 6.45) is -3.07. The van der Waals surface area contributed by atoms with Gasteiger partial charge in [-0.15, -0.1) is 0 Å². The molecular formula is C19H16F3N3O. The third-order valence-corrected chi connectivity index (χ3v) is 4.11. The van der Waals surface area contributed by atoms with Gasteiger partial charge in [0.05, 0.1) is 28.7 Å². The molecule has 3 aromatic rings. The number of amides is 1. The topological polar surface area (TPSA) is 38.1 Å². The van der Waals surface area contributed by atoms with Crippen LogP contribution in [-0.4, -0.2) is 22.7 Å². The molecule has 134 valence electrons. The van der Waals surface area contributed by atoms with Gasteiger partial charge in [-0.3, -0.25) is 4.79 Å². The average molecular weight is 359 g/mol. The van der Waals surface area contributed by atoms with Crippen LogP contribution < -0.4 is 4.90 Å². The molecule has 4 nitrogen and oxygen atoms in total. The number of aromatic nitrogens is 2. The van der Waals surface area contributed by atoms with Crippen LogP contribution in [0.3, 0.4) is 0 Å². The lowest BCUT2D eigenvalue weighted by molar-refractivity contribution is -0.137. The first-order valence-electron chi connectivity index (χ1n) is 7.84. The summed E-state index contributed by atoms with van der Waals surface area (Å²) in [7, 11) is 1.64. The van der Waals surface area contributed by atoms with Crippen molar-refractivity contribution >= 4 is 11.6 Å². The Morgan fingerprint density at radius 3 is 2.42 bits per heavy atom. The zero-order chi connectivity index (χ0) is 18.9. The van der Waals surface area contributed by atoms with Crippen molar-refractivity contribution in [2.24, 2.45) is 0 Å². The lowest BCUT2D eigenvalue weighted by Gasteiger charge is -2.17. The highest BCUT2D eigenvalue weighted by atomic mass is 19.4. The van der Waals surface area contributed by atoms with Crippen LogP contribution in [0, 0.1) is 6.92 Å². The molecular weight excluding hydrogens is 343 g/mol. The Labute approximate surface area is 148 Å². The van der Waals surface area contributed by atoms with Gasteiger partial charge in [0.1, 0.15) is 0 Å². The molecule has 26 heavy (non-hydrogen) atoms. The molecule has 0 N–H and O–H groups in total. The van der Waals surface area contributed by atoms with Crippen molar-refractivity contribution in [3.63, 3.8) is 0 Å². The Balaban J connectivity index is 1.95. The highest BCUT2D eigenvalue weighted by Crippen LogP contribution is 2.30. The summed E-state index contributed by atoms with van der Waals surface area (Å²) >= 11 is 0. The van der Waals surface area contributed by atoms with Gasteiger partial charge in [0.2, 0.25) is 0 Å². The fourth-order valence-electron chi connectivity index (χ4n) is 2.64. The van der Waals surface area contributed by atoms with Gasteiger partial charge in [0.15, 0.2) is 0 Å². The van der Waals surface area contributed by atoms with Crippen LogP contribution in [0.25, 0.3) is 5.69 Å². The van der Waals surface area contributed by atoms with Gasteiger partial charge < -0.3 is 4.90 Å². The number of anilines is 1. The number of carbonyl (C=O) groups excluding carboxylic acids is 1. The summed E-state index contributed by atoms with van der Waals surface area (Å²) in [5.74, 6) is -0.285. The molecule has 1 heterocycles. The van der Waals surface area contributed by atoms with E-state index in [4.69, 9.17) is 0 Å². The number of nitrogens with zero attached hydrogens (tertiary/aromatic N) is 3. The van der Waals surface area contributed by atoms with E-state index in [1.165, 1.54) is 27.9 Å². The second kappa shape index (κ2) is 6.67. The summed E-state index contributed by atoms with van der Waals surface area (Å²) in [5, 5.41) is 4.11. The molecule has 3 rings (SSSR count). The molecule has 1 aromatic heterocycles. The van der Waals surface area contributed by atoms with E-state index in [0.717, 1.165) is 12.1 Å². The minimum Gasteiger partial charge on any atom is -0.311 e. The zero-order valence-electron chi connectivity index (χ0n) is 14.2. The van der Waals surface area contributed by atoms with E-state index in [9.17, 15) is 18.0 Å². The van der Waals surface area contributed by atoms with Crippen LogP contribution in [-0.2, 0) is 6.18 Å². The van der Waals surface area contributed by atoms with E-state index in [2.05, 4.69) is 5.10 Å². The highest BCUT2D eigenvalue weighted by Gasteiger charge is 2.31. The summed E-state index contributed by atoms with van der Waals surface area (Å²) < 4.78 is 40.1. The van der Waals surface area contributed by atoms with Crippen LogP contribution in [0.4, 0.5) is 18.9 Å². The number of hydrogen-bond donors (Lipinski definition) is 0. The van der Waals surface area contributed by atoms with Gasteiger partial charge in [0.25, 0.3) is 5.91 Å². The normalized spacial score (nSPS) is 11.4. The van der Waals surface area contributed by atoms with Crippen molar-refractivity contribution in [1.29, 1.82) is 0 Å². The van der Waals surface area contributed by atoms with E-state index < -0.39 is 11.7 Å². The van der Waals surface area contributed by atoms with Gasteiger partial charge in [0, 0.05) is 12.7 Å². The Morgan fingerprint density at radius 1 is 1.08 bits per heavy atom. The minimum absolute atomic E-state index is 0.249. The van der Waals surface area contributed by atoms with E-state index in [-0.39, 0.29) is 11.6 Å². The number of halogens is 3.